The van der Waals surface area contributed by atoms with Crippen LogP contribution in [0, 0.1) is 32.6 Å². The summed E-state index contributed by atoms with van der Waals surface area (Å²) >= 11 is 0. The zero-order chi connectivity index (χ0) is 26.4. The minimum atomic E-state index is -0.833. The van der Waals surface area contributed by atoms with Crippen molar-refractivity contribution in [2.45, 2.75) is 84.7 Å². The van der Waals surface area contributed by atoms with Crippen molar-refractivity contribution in [1.29, 1.82) is 0 Å². The number of benzene rings is 1. The first kappa shape index (κ1) is 31.0. The van der Waals surface area contributed by atoms with Gasteiger partial charge in [0.05, 0.1) is 0 Å². The first-order valence-corrected chi connectivity index (χ1v) is 14.7. The van der Waals surface area contributed by atoms with E-state index in [9.17, 15) is 9.90 Å². The number of hydrogen-bond acceptors (Lipinski definition) is 6. The molecule has 1 unspecified atom stereocenters. The number of halogens is 1. The molecule has 0 spiro atoms. The van der Waals surface area contributed by atoms with Crippen molar-refractivity contribution in [2.75, 3.05) is 52.4 Å². The summed E-state index contributed by atoms with van der Waals surface area (Å²) < 4.78 is 6.44. The van der Waals surface area contributed by atoms with Crippen LogP contribution in [-0.4, -0.2) is 73.9 Å². The lowest BCUT2D eigenvalue weighted by molar-refractivity contribution is -0.149. The molecule has 2 fully saturated rings. The number of likely N-dealkylation sites (tertiary alicyclic amines) is 1. The summed E-state index contributed by atoms with van der Waals surface area (Å²) in [6, 6.07) is 0. The fraction of sp³-hybridized carbons (Fsp3) is 0.767. The van der Waals surface area contributed by atoms with E-state index in [4.69, 9.17) is 4.74 Å². The molecular weight excluding hydrogens is 500 g/mol. The molecule has 1 amide bonds. The zero-order valence-electron chi connectivity index (χ0n) is 24.1. The number of carbonyl (C=O) groups is 1. The fourth-order valence-electron chi connectivity index (χ4n) is 6.27. The number of piperidine rings is 2. The number of hydrogen-bond donors (Lipinski definition) is 4. The van der Waals surface area contributed by atoms with Crippen molar-refractivity contribution < 1.29 is 14.6 Å². The highest BCUT2D eigenvalue weighted by Gasteiger charge is 2.43. The number of fused-ring (bicyclic) bond motifs is 1. The van der Waals surface area contributed by atoms with Crippen LogP contribution >= 0.6 is 12.4 Å². The quantitative estimate of drug-likeness (QED) is 0.329. The van der Waals surface area contributed by atoms with E-state index in [-0.39, 0.29) is 18.3 Å². The van der Waals surface area contributed by atoms with Crippen molar-refractivity contribution in [3.05, 3.63) is 22.3 Å². The van der Waals surface area contributed by atoms with E-state index < -0.39 is 5.60 Å². The Hall–Kier alpha value is -1.54. The van der Waals surface area contributed by atoms with Gasteiger partial charge in [0.2, 0.25) is 0 Å². The Kier molecular flexibility index (Phi) is 11.6. The molecule has 2 saturated heterocycles. The number of nitrogens with zero attached hydrogens (tertiary/aromatic N) is 1. The van der Waals surface area contributed by atoms with E-state index in [1.165, 1.54) is 45.3 Å². The van der Waals surface area contributed by atoms with Crippen LogP contribution in [0.25, 0.3) is 0 Å². The minimum absolute atomic E-state index is 0. The summed E-state index contributed by atoms with van der Waals surface area (Å²) in [6.45, 7) is 16.2. The van der Waals surface area contributed by atoms with Gasteiger partial charge in [0.15, 0.2) is 5.60 Å². The Morgan fingerprint density at radius 2 is 1.55 bits per heavy atom. The number of rotatable bonds is 10. The molecule has 0 radical (unpaired) electrons. The van der Waals surface area contributed by atoms with Crippen molar-refractivity contribution >= 4 is 18.3 Å². The predicted octanol–water partition coefficient (Wildman–Crippen LogP) is 4.02. The van der Waals surface area contributed by atoms with Gasteiger partial charge < -0.3 is 30.7 Å². The predicted molar refractivity (Wildman–Crippen MR) is 157 cm³/mol. The Balaban J connectivity index is 0.00000400. The van der Waals surface area contributed by atoms with Gasteiger partial charge in [-0.05, 0) is 140 Å². The summed E-state index contributed by atoms with van der Waals surface area (Å²) in [5.74, 6) is 2.76. The van der Waals surface area contributed by atoms with Gasteiger partial charge in [0, 0.05) is 25.1 Å². The molecule has 0 aromatic heterocycles. The van der Waals surface area contributed by atoms with E-state index in [1.807, 2.05) is 32.6 Å². The molecular formula is C30H51ClN4O3. The van der Waals surface area contributed by atoms with Gasteiger partial charge in [0.1, 0.15) is 11.5 Å². The van der Waals surface area contributed by atoms with Crippen LogP contribution in [0.15, 0.2) is 0 Å². The molecule has 3 aliphatic rings. The van der Waals surface area contributed by atoms with Crippen LogP contribution in [0.1, 0.15) is 74.1 Å². The third-order valence-corrected chi connectivity index (χ3v) is 9.16. The second-order valence-electron chi connectivity index (χ2n) is 11.9. The smallest absolute Gasteiger partial charge is 0.266 e. The summed E-state index contributed by atoms with van der Waals surface area (Å²) in [5, 5.41) is 21.2. The van der Waals surface area contributed by atoms with Crippen LogP contribution in [-0.2, 0) is 11.2 Å². The number of phenols is 1. The van der Waals surface area contributed by atoms with E-state index in [1.54, 1.807) is 0 Å². The summed E-state index contributed by atoms with van der Waals surface area (Å²) in [4.78, 5) is 15.6. The number of nitrogens with one attached hydrogen (secondary N) is 3. The summed E-state index contributed by atoms with van der Waals surface area (Å²) in [5.41, 5.74) is 2.89. The first-order valence-electron chi connectivity index (χ1n) is 14.7. The number of carbonyl (C=O) groups excluding carboxylic acids is 1. The molecule has 216 valence electrons. The third kappa shape index (κ3) is 7.35. The number of ether oxygens (including phenoxy) is 1. The molecule has 3 heterocycles. The van der Waals surface area contributed by atoms with Crippen molar-refractivity contribution in [3.8, 4) is 11.5 Å². The molecule has 38 heavy (non-hydrogen) atoms. The first-order chi connectivity index (χ1) is 17.8. The van der Waals surface area contributed by atoms with E-state index in [0.717, 1.165) is 85.9 Å². The maximum Gasteiger partial charge on any atom is 0.266 e. The monoisotopic (exact) mass is 550 g/mol. The largest absolute Gasteiger partial charge is 0.507 e. The fourth-order valence-corrected chi connectivity index (χ4v) is 6.27. The molecule has 7 nitrogen and oxygen atoms in total. The number of unbranched alkanes of at least 4 members (excludes halogenated alkanes) is 1. The molecule has 0 bridgehead atoms. The van der Waals surface area contributed by atoms with Gasteiger partial charge in [-0.3, -0.25) is 4.79 Å². The molecule has 0 aliphatic carbocycles. The topological polar surface area (TPSA) is 85.9 Å². The van der Waals surface area contributed by atoms with Crippen LogP contribution in [0.3, 0.4) is 0 Å². The van der Waals surface area contributed by atoms with E-state index in [2.05, 4.69) is 16.0 Å². The highest BCUT2D eigenvalue weighted by molar-refractivity contribution is 5.86. The van der Waals surface area contributed by atoms with Crippen molar-refractivity contribution in [1.82, 2.24) is 20.9 Å². The Labute approximate surface area is 236 Å². The van der Waals surface area contributed by atoms with Gasteiger partial charge in [-0.1, -0.05) is 0 Å². The zero-order valence-corrected chi connectivity index (χ0v) is 24.9. The number of amides is 1. The molecule has 1 aromatic carbocycles. The molecule has 8 heteroatoms. The van der Waals surface area contributed by atoms with Crippen LogP contribution < -0.4 is 20.7 Å². The average Bonchev–Trinajstić information content (AvgIpc) is 2.92. The summed E-state index contributed by atoms with van der Waals surface area (Å²) in [6.07, 6.45) is 8.56. The highest BCUT2D eigenvalue weighted by Crippen LogP contribution is 2.43. The Morgan fingerprint density at radius 1 is 0.974 bits per heavy atom. The lowest BCUT2D eigenvalue weighted by Crippen LogP contribution is -2.54. The van der Waals surface area contributed by atoms with Gasteiger partial charge in [-0.25, -0.2) is 0 Å². The molecule has 4 N–H and O–H groups in total. The van der Waals surface area contributed by atoms with Crippen molar-refractivity contribution in [3.63, 3.8) is 0 Å². The molecule has 1 aromatic rings. The number of phenolic OH excluding ortho intramolecular Hbond substituents is 1. The second kappa shape index (κ2) is 14.2. The Morgan fingerprint density at radius 3 is 2.16 bits per heavy atom. The van der Waals surface area contributed by atoms with Crippen LogP contribution in [0.2, 0.25) is 0 Å². The van der Waals surface area contributed by atoms with Crippen LogP contribution in [0.5, 0.6) is 11.5 Å². The number of aromatic hydroxyl groups is 1. The maximum absolute atomic E-state index is 13.6. The highest BCUT2D eigenvalue weighted by atomic mass is 35.5. The Bertz CT molecular complexity index is 929. The molecule has 4 rings (SSSR count). The van der Waals surface area contributed by atoms with Gasteiger partial charge in [-0.15, -0.1) is 12.4 Å². The standard InChI is InChI=1S/C30H50N4O3.ClH/c1-21-22(2)28-26(23(3)27(21)35)7-12-30(4,37-28)29(36)34-17-10-25(11-18-34)20-33-14-6-5-13-32-19-24-8-15-31-16-9-24;/h24-25,31-33,35H,5-20H2,1-4H3;1H. The third-order valence-electron chi connectivity index (χ3n) is 9.16. The average molecular weight is 551 g/mol. The summed E-state index contributed by atoms with van der Waals surface area (Å²) in [7, 11) is 0. The van der Waals surface area contributed by atoms with Crippen molar-refractivity contribution in [2.24, 2.45) is 11.8 Å². The maximum atomic E-state index is 13.6. The van der Waals surface area contributed by atoms with E-state index >= 15 is 0 Å². The lowest BCUT2D eigenvalue weighted by Gasteiger charge is -2.41. The van der Waals surface area contributed by atoms with Crippen LogP contribution in [0.4, 0.5) is 0 Å². The van der Waals surface area contributed by atoms with Gasteiger partial charge in [0.25, 0.3) is 5.91 Å². The molecule has 0 saturated carbocycles. The molecule has 1 atom stereocenters. The van der Waals surface area contributed by atoms with Gasteiger partial charge >= 0.3 is 0 Å². The van der Waals surface area contributed by atoms with E-state index in [0.29, 0.717) is 18.1 Å². The SMILES string of the molecule is Cc1c(C)c2c(c(C)c1O)CCC(C)(C(=O)N1CCC(CNCCCCNCC3CCNCC3)CC1)O2.Cl. The second-order valence-corrected chi connectivity index (χ2v) is 11.9. The molecule has 3 aliphatic heterocycles. The normalized spacial score (nSPS) is 22.5. The van der Waals surface area contributed by atoms with Gasteiger partial charge in [-0.2, -0.15) is 0 Å². The minimum Gasteiger partial charge on any atom is -0.507 e. The lowest BCUT2D eigenvalue weighted by atomic mass is 9.86.